The topological polar surface area (TPSA) is 46.6 Å². The lowest BCUT2D eigenvalue weighted by Crippen LogP contribution is -2.37. The van der Waals surface area contributed by atoms with Crippen LogP contribution < -0.4 is 0 Å². The third-order valence-corrected chi connectivity index (χ3v) is 2.48. The molecule has 5 heteroatoms. The first-order valence-electron chi connectivity index (χ1n) is 6.29. The van der Waals surface area contributed by atoms with Crippen LogP contribution in [0.1, 0.15) is 30.6 Å². The van der Waals surface area contributed by atoms with E-state index in [4.69, 9.17) is 4.74 Å². The van der Waals surface area contributed by atoms with Crippen molar-refractivity contribution in [2.75, 3.05) is 19.7 Å². The van der Waals surface area contributed by atoms with Crippen molar-refractivity contribution >= 4 is 11.9 Å². The summed E-state index contributed by atoms with van der Waals surface area (Å²) in [6.45, 7) is 4.19. The van der Waals surface area contributed by atoms with Gasteiger partial charge in [0.2, 0.25) is 0 Å². The van der Waals surface area contributed by atoms with E-state index in [0.717, 1.165) is 6.07 Å². The van der Waals surface area contributed by atoms with Gasteiger partial charge in [-0.15, -0.1) is 0 Å². The van der Waals surface area contributed by atoms with Gasteiger partial charge >= 0.3 is 5.97 Å². The van der Waals surface area contributed by atoms with Crippen LogP contribution in [-0.2, 0) is 9.53 Å². The first kappa shape index (κ1) is 15.1. The molecular formula is C14H18FNO3. The molecule has 0 radical (unpaired) electrons. The van der Waals surface area contributed by atoms with Crippen molar-refractivity contribution in [3.8, 4) is 0 Å². The number of ether oxygens (including phenoxy) is 1. The van der Waals surface area contributed by atoms with E-state index >= 15 is 0 Å². The highest BCUT2D eigenvalue weighted by Gasteiger charge is 2.19. The maximum Gasteiger partial charge on any atom is 0.325 e. The smallest absolute Gasteiger partial charge is 0.325 e. The van der Waals surface area contributed by atoms with Gasteiger partial charge in [0, 0.05) is 12.1 Å². The number of esters is 1. The van der Waals surface area contributed by atoms with Crippen molar-refractivity contribution in [3.05, 3.63) is 35.6 Å². The molecule has 0 unspecified atom stereocenters. The second-order valence-corrected chi connectivity index (χ2v) is 4.04. The Morgan fingerprint density at radius 3 is 2.63 bits per heavy atom. The van der Waals surface area contributed by atoms with Gasteiger partial charge in [-0.2, -0.15) is 0 Å². The number of rotatable bonds is 6. The maximum atomic E-state index is 13.1. The standard InChI is InChI=1S/C14H18FNO3/c1-3-8-16(10-13(17)19-4-2)14(18)11-6-5-7-12(15)9-11/h5-7,9H,3-4,8,10H2,1-2H3. The van der Waals surface area contributed by atoms with Crippen molar-refractivity contribution in [1.29, 1.82) is 0 Å². The number of hydrogen-bond donors (Lipinski definition) is 0. The highest BCUT2D eigenvalue weighted by atomic mass is 19.1. The Morgan fingerprint density at radius 1 is 1.32 bits per heavy atom. The molecule has 0 aromatic heterocycles. The van der Waals surface area contributed by atoms with Crippen LogP contribution in [0.15, 0.2) is 24.3 Å². The first-order valence-corrected chi connectivity index (χ1v) is 6.29. The quantitative estimate of drug-likeness (QED) is 0.743. The molecule has 0 aliphatic carbocycles. The van der Waals surface area contributed by atoms with Crippen molar-refractivity contribution in [3.63, 3.8) is 0 Å². The average molecular weight is 267 g/mol. The molecule has 0 N–H and O–H groups in total. The van der Waals surface area contributed by atoms with Crippen LogP contribution in [-0.4, -0.2) is 36.5 Å². The molecule has 0 aliphatic heterocycles. The molecular weight excluding hydrogens is 249 g/mol. The molecule has 0 saturated carbocycles. The lowest BCUT2D eigenvalue weighted by molar-refractivity contribution is -0.143. The SMILES string of the molecule is CCCN(CC(=O)OCC)C(=O)c1cccc(F)c1. The zero-order chi connectivity index (χ0) is 14.3. The van der Waals surface area contributed by atoms with Crippen molar-refractivity contribution in [2.24, 2.45) is 0 Å². The average Bonchev–Trinajstić information content (AvgIpc) is 2.37. The lowest BCUT2D eigenvalue weighted by Gasteiger charge is -2.21. The van der Waals surface area contributed by atoms with Gasteiger partial charge in [0.15, 0.2) is 0 Å². The zero-order valence-electron chi connectivity index (χ0n) is 11.2. The number of carbonyl (C=O) groups is 2. The van der Waals surface area contributed by atoms with Crippen LogP contribution in [0.25, 0.3) is 0 Å². The van der Waals surface area contributed by atoms with Gasteiger partial charge in [0.1, 0.15) is 12.4 Å². The molecule has 0 fully saturated rings. The van der Waals surface area contributed by atoms with Gasteiger partial charge in [-0.25, -0.2) is 4.39 Å². The molecule has 1 rings (SSSR count). The van der Waals surface area contributed by atoms with Crippen LogP contribution in [0.5, 0.6) is 0 Å². The Hall–Kier alpha value is -1.91. The van der Waals surface area contributed by atoms with Gasteiger partial charge in [0.05, 0.1) is 6.61 Å². The Kier molecular flexibility index (Phi) is 5.99. The zero-order valence-corrected chi connectivity index (χ0v) is 11.2. The van der Waals surface area contributed by atoms with E-state index in [1.807, 2.05) is 6.92 Å². The molecule has 104 valence electrons. The fraction of sp³-hybridized carbons (Fsp3) is 0.429. The van der Waals surface area contributed by atoms with Gasteiger partial charge in [0.25, 0.3) is 5.91 Å². The third-order valence-electron chi connectivity index (χ3n) is 2.48. The second-order valence-electron chi connectivity index (χ2n) is 4.04. The van der Waals surface area contributed by atoms with E-state index in [2.05, 4.69) is 0 Å². The molecule has 0 bridgehead atoms. The first-order chi connectivity index (χ1) is 9.08. The summed E-state index contributed by atoms with van der Waals surface area (Å²) in [4.78, 5) is 25.0. The van der Waals surface area contributed by atoms with Crippen molar-refractivity contribution in [2.45, 2.75) is 20.3 Å². The largest absolute Gasteiger partial charge is 0.465 e. The van der Waals surface area contributed by atoms with E-state index in [9.17, 15) is 14.0 Å². The molecule has 19 heavy (non-hydrogen) atoms. The minimum atomic E-state index is -0.474. The highest BCUT2D eigenvalue weighted by Crippen LogP contribution is 2.08. The van der Waals surface area contributed by atoms with Crippen molar-refractivity contribution < 1.29 is 18.7 Å². The number of benzene rings is 1. The summed E-state index contributed by atoms with van der Waals surface area (Å²) in [7, 11) is 0. The van der Waals surface area contributed by atoms with Gasteiger partial charge < -0.3 is 9.64 Å². The normalized spacial score (nSPS) is 10.1. The number of nitrogens with zero attached hydrogens (tertiary/aromatic N) is 1. The van der Waals surface area contributed by atoms with E-state index < -0.39 is 11.8 Å². The predicted octanol–water partition coefficient (Wildman–Crippen LogP) is 2.24. The molecule has 0 saturated heterocycles. The molecule has 0 atom stereocenters. The minimum Gasteiger partial charge on any atom is -0.465 e. The summed E-state index contributed by atoms with van der Waals surface area (Å²) < 4.78 is 17.9. The number of halogens is 1. The Morgan fingerprint density at radius 2 is 2.05 bits per heavy atom. The summed E-state index contributed by atoms with van der Waals surface area (Å²) >= 11 is 0. The summed E-state index contributed by atoms with van der Waals surface area (Å²) in [5.41, 5.74) is 0.234. The number of hydrogen-bond acceptors (Lipinski definition) is 3. The fourth-order valence-electron chi connectivity index (χ4n) is 1.69. The van der Waals surface area contributed by atoms with Crippen LogP contribution in [0.4, 0.5) is 4.39 Å². The predicted molar refractivity (Wildman–Crippen MR) is 69.2 cm³/mol. The second kappa shape index (κ2) is 7.51. The Labute approximate surface area is 112 Å². The van der Waals surface area contributed by atoms with E-state index in [0.29, 0.717) is 13.0 Å². The van der Waals surface area contributed by atoms with E-state index in [1.165, 1.54) is 23.1 Å². The molecule has 1 aromatic rings. The molecule has 1 aromatic carbocycles. The van der Waals surface area contributed by atoms with Crippen LogP contribution >= 0.6 is 0 Å². The van der Waals surface area contributed by atoms with E-state index in [-0.39, 0.29) is 24.6 Å². The number of amides is 1. The Balaban J connectivity index is 2.80. The Bertz CT molecular complexity index is 448. The minimum absolute atomic E-state index is 0.114. The van der Waals surface area contributed by atoms with Crippen LogP contribution in [0, 0.1) is 5.82 Å². The molecule has 4 nitrogen and oxygen atoms in total. The third kappa shape index (κ3) is 4.69. The number of carbonyl (C=O) groups excluding carboxylic acids is 2. The van der Waals surface area contributed by atoms with Gasteiger partial charge in [-0.3, -0.25) is 9.59 Å². The van der Waals surface area contributed by atoms with Gasteiger partial charge in [-0.1, -0.05) is 13.0 Å². The summed E-state index contributed by atoms with van der Waals surface area (Å²) in [5, 5.41) is 0. The molecule has 0 aliphatic rings. The van der Waals surface area contributed by atoms with Crippen LogP contribution in [0.3, 0.4) is 0 Å². The van der Waals surface area contributed by atoms with E-state index in [1.54, 1.807) is 6.92 Å². The highest BCUT2D eigenvalue weighted by molar-refractivity contribution is 5.95. The summed E-state index contributed by atoms with van der Waals surface area (Å²) in [5.74, 6) is -1.30. The maximum absolute atomic E-state index is 13.1. The summed E-state index contributed by atoms with van der Waals surface area (Å²) in [6, 6.07) is 5.43. The summed E-state index contributed by atoms with van der Waals surface area (Å²) in [6.07, 6.45) is 0.709. The molecule has 0 spiro atoms. The lowest BCUT2D eigenvalue weighted by atomic mass is 10.2. The monoisotopic (exact) mass is 267 g/mol. The molecule has 1 amide bonds. The van der Waals surface area contributed by atoms with Crippen molar-refractivity contribution in [1.82, 2.24) is 4.90 Å². The fourth-order valence-corrected chi connectivity index (χ4v) is 1.69. The molecule has 0 heterocycles. The van der Waals surface area contributed by atoms with Crippen LogP contribution in [0.2, 0.25) is 0 Å². The van der Waals surface area contributed by atoms with Gasteiger partial charge in [-0.05, 0) is 31.5 Å².